The van der Waals surface area contributed by atoms with Crippen LogP contribution in [0.4, 0.5) is 5.69 Å². The van der Waals surface area contributed by atoms with Crippen LogP contribution in [0.3, 0.4) is 0 Å². The first-order chi connectivity index (χ1) is 8.33. The van der Waals surface area contributed by atoms with Crippen LogP contribution in [0, 0.1) is 11.3 Å². The van der Waals surface area contributed by atoms with Crippen molar-refractivity contribution >= 4 is 5.69 Å². The molecule has 0 aliphatic carbocycles. The zero-order valence-corrected chi connectivity index (χ0v) is 10.2. The summed E-state index contributed by atoms with van der Waals surface area (Å²) in [6, 6.07) is 9.90. The third-order valence-corrected chi connectivity index (χ3v) is 3.19. The summed E-state index contributed by atoms with van der Waals surface area (Å²) in [7, 11) is 0. The van der Waals surface area contributed by atoms with Gasteiger partial charge in [0.05, 0.1) is 17.7 Å². The minimum atomic E-state index is 0.366. The van der Waals surface area contributed by atoms with E-state index in [1.54, 1.807) is 0 Å². The van der Waals surface area contributed by atoms with Crippen molar-refractivity contribution in [3.63, 3.8) is 0 Å². The second-order valence-electron chi connectivity index (χ2n) is 4.33. The highest BCUT2D eigenvalue weighted by Gasteiger charge is 2.18. The number of rotatable bonds is 4. The highest BCUT2D eigenvalue weighted by Crippen LogP contribution is 2.19. The largest absolute Gasteiger partial charge is 0.376 e. The van der Waals surface area contributed by atoms with E-state index < -0.39 is 0 Å². The summed E-state index contributed by atoms with van der Waals surface area (Å²) < 4.78 is 5.66. The summed E-state index contributed by atoms with van der Waals surface area (Å²) in [4.78, 5) is 2.30. The summed E-state index contributed by atoms with van der Waals surface area (Å²) in [5.74, 6) is 0. The van der Waals surface area contributed by atoms with Gasteiger partial charge in [0.25, 0.3) is 0 Å². The van der Waals surface area contributed by atoms with E-state index in [2.05, 4.69) is 17.9 Å². The minimum Gasteiger partial charge on any atom is -0.376 e. The molecule has 2 rings (SSSR count). The van der Waals surface area contributed by atoms with Crippen LogP contribution >= 0.6 is 0 Å². The fourth-order valence-corrected chi connectivity index (χ4v) is 2.20. The van der Waals surface area contributed by atoms with Crippen LogP contribution in [-0.4, -0.2) is 25.8 Å². The predicted molar refractivity (Wildman–Crippen MR) is 68.0 cm³/mol. The number of hydrogen-bond donors (Lipinski definition) is 0. The Morgan fingerprint density at radius 2 is 2.18 bits per heavy atom. The maximum absolute atomic E-state index is 8.77. The molecule has 0 amide bonds. The molecule has 1 aromatic carbocycles. The Balaban J connectivity index is 2.03. The number of hydrogen-bond acceptors (Lipinski definition) is 3. The van der Waals surface area contributed by atoms with Crippen molar-refractivity contribution in [2.75, 3.05) is 24.6 Å². The molecule has 1 atom stereocenters. The van der Waals surface area contributed by atoms with Crippen molar-refractivity contribution in [3.05, 3.63) is 29.8 Å². The smallest absolute Gasteiger partial charge is 0.0991 e. The Labute approximate surface area is 103 Å². The Morgan fingerprint density at radius 1 is 1.41 bits per heavy atom. The molecule has 1 unspecified atom stereocenters. The molecular formula is C14H18N2O. The van der Waals surface area contributed by atoms with Crippen molar-refractivity contribution in [2.24, 2.45) is 0 Å². The van der Waals surface area contributed by atoms with Crippen LogP contribution in [-0.2, 0) is 4.74 Å². The summed E-state index contributed by atoms with van der Waals surface area (Å²) in [5.41, 5.74) is 1.88. The van der Waals surface area contributed by atoms with E-state index in [0.717, 1.165) is 26.1 Å². The van der Waals surface area contributed by atoms with Gasteiger partial charge in [-0.05, 0) is 44.0 Å². The quantitative estimate of drug-likeness (QED) is 0.797. The fraction of sp³-hybridized carbons (Fsp3) is 0.500. The lowest BCUT2D eigenvalue weighted by Gasteiger charge is -2.26. The van der Waals surface area contributed by atoms with Crippen molar-refractivity contribution < 1.29 is 4.74 Å². The molecule has 0 aromatic heterocycles. The zero-order chi connectivity index (χ0) is 12.1. The molecule has 1 aliphatic rings. The lowest BCUT2D eigenvalue weighted by atomic mass is 10.2. The highest BCUT2D eigenvalue weighted by atomic mass is 16.5. The first-order valence-corrected chi connectivity index (χ1v) is 6.20. The second-order valence-corrected chi connectivity index (χ2v) is 4.33. The first-order valence-electron chi connectivity index (χ1n) is 6.20. The van der Waals surface area contributed by atoms with Gasteiger partial charge in [-0.15, -0.1) is 0 Å². The van der Waals surface area contributed by atoms with E-state index in [0.29, 0.717) is 11.7 Å². The number of nitrogens with zero attached hydrogens (tertiary/aromatic N) is 2. The molecule has 1 heterocycles. The minimum absolute atomic E-state index is 0.366. The van der Waals surface area contributed by atoms with Gasteiger partial charge in [0.15, 0.2) is 0 Å². The number of ether oxygens (including phenoxy) is 1. The van der Waals surface area contributed by atoms with Crippen LogP contribution in [0.2, 0.25) is 0 Å². The van der Waals surface area contributed by atoms with Gasteiger partial charge in [-0.1, -0.05) is 0 Å². The average Bonchev–Trinajstić information content (AvgIpc) is 2.89. The summed E-state index contributed by atoms with van der Waals surface area (Å²) in [6.45, 7) is 4.96. The normalized spacial score (nSPS) is 18.9. The van der Waals surface area contributed by atoms with Crippen LogP contribution in [0.15, 0.2) is 24.3 Å². The molecule has 3 heteroatoms. The van der Waals surface area contributed by atoms with Crippen LogP contribution in [0.5, 0.6) is 0 Å². The van der Waals surface area contributed by atoms with Crippen LogP contribution in [0.25, 0.3) is 0 Å². The van der Waals surface area contributed by atoms with E-state index in [-0.39, 0.29) is 0 Å². The number of benzene rings is 1. The summed E-state index contributed by atoms with van der Waals surface area (Å²) >= 11 is 0. The highest BCUT2D eigenvalue weighted by molar-refractivity contribution is 5.49. The molecule has 0 N–H and O–H groups in total. The number of anilines is 1. The van der Waals surface area contributed by atoms with Crippen molar-refractivity contribution in [2.45, 2.75) is 25.9 Å². The average molecular weight is 230 g/mol. The van der Waals surface area contributed by atoms with Gasteiger partial charge in [0.2, 0.25) is 0 Å². The first kappa shape index (κ1) is 11.9. The van der Waals surface area contributed by atoms with Gasteiger partial charge >= 0.3 is 0 Å². The van der Waals surface area contributed by atoms with Crippen molar-refractivity contribution in [3.8, 4) is 6.07 Å². The Hall–Kier alpha value is -1.53. The molecule has 0 spiro atoms. The lowest BCUT2D eigenvalue weighted by Crippen LogP contribution is -2.31. The maximum Gasteiger partial charge on any atom is 0.0991 e. The molecule has 90 valence electrons. The fourth-order valence-electron chi connectivity index (χ4n) is 2.20. The topological polar surface area (TPSA) is 36.3 Å². The van der Waals surface area contributed by atoms with E-state index in [4.69, 9.17) is 10.00 Å². The van der Waals surface area contributed by atoms with Gasteiger partial charge in [-0.2, -0.15) is 5.26 Å². The SMILES string of the molecule is CCN(CC1CCCO1)c1ccc(C#N)cc1. The van der Waals surface area contributed by atoms with E-state index >= 15 is 0 Å². The third kappa shape index (κ3) is 2.98. The molecule has 1 aliphatic heterocycles. The maximum atomic E-state index is 8.77. The van der Waals surface area contributed by atoms with Crippen LogP contribution in [0.1, 0.15) is 25.3 Å². The Morgan fingerprint density at radius 3 is 2.71 bits per heavy atom. The van der Waals surface area contributed by atoms with Crippen LogP contribution < -0.4 is 4.90 Å². The van der Waals surface area contributed by atoms with Gasteiger partial charge in [0, 0.05) is 25.4 Å². The number of likely N-dealkylation sites (N-methyl/N-ethyl adjacent to an activating group) is 1. The van der Waals surface area contributed by atoms with Gasteiger partial charge in [0.1, 0.15) is 0 Å². The molecule has 1 saturated heterocycles. The Kier molecular flexibility index (Phi) is 4.00. The molecule has 3 nitrogen and oxygen atoms in total. The van der Waals surface area contributed by atoms with E-state index in [1.807, 2.05) is 24.3 Å². The van der Waals surface area contributed by atoms with E-state index in [9.17, 15) is 0 Å². The zero-order valence-electron chi connectivity index (χ0n) is 10.2. The van der Waals surface area contributed by atoms with Gasteiger partial charge in [-0.25, -0.2) is 0 Å². The predicted octanol–water partition coefficient (Wildman–Crippen LogP) is 2.56. The summed E-state index contributed by atoms with van der Waals surface area (Å²) in [6.07, 6.45) is 2.70. The third-order valence-electron chi connectivity index (χ3n) is 3.19. The molecule has 1 aromatic rings. The molecule has 0 saturated carbocycles. The van der Waals surface area contributed by atoms with Gasteiger partial charge in [-0.3, -0.25) is 0 Å². The summed E-state index contributed by atoms with van der Waals surface area (Å²) in [5, 5.41) is 8.77. The monoisotopic (exact) mass is 230 g/mol. The lowest BCUT2D eigenvalue weighted by molar-refractivity contribution is 0.115. The van der Waals surface area contributed by atoms with E-state index in [1.165, 1.54) is 12.1 Å². The second kappa shape index (κ2) is 5.70. The van der Waals surface area contributed by atoms with Gasteiger partial charge < -0.3 is 9.64 Å². The van der Waals surface area contributed by atoms with Crippen molar-refractivity contribution in [1.29, 1.82) is 5.26 Å². The molecule has 1 fully saturated rings. The molecule has 0 radical (unpaired) electrons. The molecule has 17 heavy (non-hydrogen) atoms. The standard InChI is InChI=1S/C14H18N2O/c1-2-16(11-14-4-3-9-17-14)13-7-5-12(10-15)6-8-13/h5-8,14H,2-4,9,11H2,1H3. The number of nitriles is 1. The molecule has 0 bridgehead atoms. The van der Waals surface area contributed by atoms with Crippen molar-refractivity contribution in [1.82, 2.24) is 0 Å². The Bertz CT molecular complexity index is 388. The molecular weight excluding hydrogens is 212 g/mol.